The zero-order chi connectivity index (χ0) is 8.53. The van der Waals surface area contributed by atoms with E-state index in [-0.39, 0.29) is 0 Å². The highest BCUT2D eigenvalue weighted by Gasteiger charge is 1.88. The number of hydrogen-bond acceptors (Lipinski definition) is 2. The Labute approximate surface area is 69.2 Å². The lowest BCUT2D eigenvalue weighted by Crippen LogP contribution is -2.05. The summed E-state index contributed by atoms with van der Waals surface area (Å²) < 4.78 is 10.4. The van der Waals surface area contributed by atoms with Gasteiger partial charge in [0.15, 0.2) is 0 Å². The van der Waals surface area contributed by atoms with E-state index in [2.05, 4.69) is 13.5 Å². The Morgan fingerprint density at radius 2 is 1.82 bits per heavy atom. The molecular formula is C9H18O2. The van der Waals surface area contributed by atoms with E-state index in [9.17, 15) is 0 Å². The van der Waals surface area contributed by atoms with Crippen molar-refractivity contribution in [3.05, 3.63) is 12.2 Å². The highest BCUT2D eigenvalue weighted by Crippen LogP contribution is 1.88. The Balaban J connectivity index is 2.85. The molecule has 0 aliphatic rings. The predicted molar refractivity (Wildman–Crippen MR) is 46.7 cm³/mol. The van der Waals surface area contributed by atoms with Gasteiger partial charge in [0.25, 0.3) is 0 Å². The third kappa shape index (κ3) is 9.66. The van der Waals surface area contributed by atoms with E-state index >= 15 is 0 Å². The van der Waals surface area contributed by atoms with Crippen molar-refractivity contribution in [3.8, 4) is 0 Å². The molecule has 0 atom stereocenters. The van der Waals surface area contributed by atoms with Gasteiger partial charge in [-0.3, -0.25) is 0 Å². The molecule has 11 heavy (non-hydrogen) atoms. The molecule has 0 aromatic rings. The lowest BCUT2D eigenvalue weighted by Gasteiger charge is -2.03. The van der Waals surface area contributed by atoms with Crippen LogP contribution >= 0.6 is 0 Å². The first-order valence-corrected chi connectivity index (χ1v) is 4.07. The minimum atomic E-state index is 0.648. The van der Waals surface area contributed by atoms with Crippen LogP contribution in [0.4, 0.5) is 0 Å². The van der Waals surface area contributed by atoms with Crippen LogP contribution in [0, 0.1) is 0 Å². The van der Waals surface area contributed by atoms with Crippen LogP contribution < -0.4 is 0 Å². The van der Waals surface area contributed by atoms with Crippen LogP contribution in [0.5, 0.6) is 0 Å². The van der Waals surface area contributed by atoms with E-state index in [1.807, 2.05) is 6.92 Å². The minimum Gasteiger partial charge on any atom is -0.379 e. The number of ether oxygens (including phenoxy) is 2. The average Bonchev–Trinajstić information content (AvgIpc) is 1.96. The first-order valence-electron chi connectivity index (χ1n) is 4.07. The molecule has 0 saturated heterocycles. The highest BCUT2D eigenvalue weighted by molar-refractivity contribution is 4.87. The molecule has 0 aromatic carbocycles. The van der Waals surface area contributed by atoms with Crippen molar-refractivity contribution in [3.63, 3.8) is 0 Å². The lowest BCUT2D eigenvalue weighted by molar-refractivity contribution is 0.0566. The van der Waals surface area contributed by atoms with Gasteiger partial charge >= 0.3 is 0 Å². The fourth-order valence-corrected chi connectivity index (χ4v) is 0.611. The summed E-state index contributed by atoms with van der Waals surface area (Å²) in [6.45, 7) is 10.6. The second-order valence-corrected chi connectivity index (χ2v) is 2.62. The fraction of sp³-hybridized carbons (Fsp3) is 0.778. The Bertz CT molecular complexity index is 99.7. The van der Waals surface area contributed by atoms with E-state index in [0.29, 0.717) is 19.8 Å². The summed E-state index contributed by atoms with van der Waals surface area (Å²) in [6, 6.07) is 0. The molecular weight excluding hydrogens is 140 g/mol. The topological polar surface area (TPSA) is 18.5 Å². The van der Waals surface area contributed by atoms with Gasteiger partial charge in [0.2, 0.25) is 0 Å². The molecule has 2 heteroatoms. The van der Waals surface area contributed by atoms with E-state index in [1.54, 1.807) is 0 Å². The van der Waals surface area contributed by atoms with Crippen LogP contribution in [-0.2, 0) is 9.47 Å². The van der Waals surface area contributed by atoms with Crippen LogP contribution in [0.15, 0.2) is 12.2 Å². The smallest absolute Gasteiger partial charge is 0.0704 e. The van der Waals surface area contributed by atoms with Crippen LogP contribution in [-0.4, -0.2) is 26.4 Å². The highest BCUT2D eigenvalue weighted by atomic mass is 16.5. The minimum absolute atomic E-state index is 0.648. The maximum absolute atomic E-state index is 5.22. The standard InChI is InChI=1S/C9H18O2/c1-4-5-10-6-7-11-8-9(2)3/h2,4-8H2,1,3H3. The fourth-order valence-electron chi connectivity index (χ4n) is 0.611. The van der Waals surface area contributed by atoms with Gasteiger partial charge in [-0.1, -0.05) is 19.1 Å². The molecule has 2 nitrogen and oxygen atoms in total. The second-order valence-electron chi connectivity index (χ2n) is 2.62. The molecule has 0 heterocycles. The summed E-state index contributed by atoms with van der Waals surface area (Å²) in [7, 11) is 0. The Morgan fingerprint density at radius 1 is 1.18 bits per heavy atom. The van der Waals surface area contributed by atoms with Crippen molar-refractivity contribution in [2.75, 3.05) is 26.4 Å². The van der Waals surface area contributed by atoms with E-state index in [4.69, 9.17) is 9.47 Å². The van der Waals surface area contributed by atoms with Gasteiger partial charge in [0, 0.05) is 6.61 Å². The Morgan fingerprint density at radius 3 is 2.36 bits per heavy atom. The summed E-state index contributed by atoms with van der Waals surface area (Å²) in [5, 5.41) is 0. The lowest BCUT2D eigenvalue weighted by atomic mass is 10.4. The Kier molecular flexibility index (Phi) is 7.52. The molecule has 0 spiro atoms. The van der Waals surface area contributed by atoms with E-state index in [1.165, 1.54) is 0 Å². The van der Waals surface area contributed by atoms with Gasteiger partial charge < -0.3 is 9.47 Å². The maximum Gasteiger partial charge on any atom is 0.0704 e. The zero-order valence-electron chi connectivity index (χ0n) is 7.56. The number of rotatable bonds is 7. The molecule has 0 bridgehead atoms. The van der Waals surface area contributed by atoms with Crippen LogP contribution in [0.3, 0.4) is 0 Å². The normalized spacial score (nSPS) is 10.0. The van der Waals surface area contributed by atoms with Crippen LogP contribution in [0.25, 0.3) is 0 Å². The number of hydrogen-bond donors (Lipinski definition) is 0. The molecule has 0 N–H and O–H groups in total. The van der Waals surface area contributed by atoms with Gasteiger partial charge in [-0.25, -0.2) is 0 Å². The largest absolute Gasteiger partial charge is 0.379 e. The van der Waals surface area contributed by atoms with E-state index in [0.717, 1.165) is 18.6 Å². The van der Waals surface area contributed by atoms with Crippen molar-refractivity contribution < 1.29 is 9.47 Å². The molecule has 0 amide bonds. The van der Waals surface area contributed by atoms with Crippen molar-refractivity contribution >= 4 is 0 Å². The zero-order valence-corrected chi connectivity index (χ0v) is 7.56. The maximum atomic E-state index is 5.22. The monoisotopic (exact) mass is 158 g/mol. The summed E-state index contributed by atoms with van der Waals surface area (Å²) in [5.41, 5.74) is 1.06. The van der Waals surface area contributed by atoms with Gasteiger partial charge in [0.1, 0.15) is 0 Å². The van der Waals surface area contributed by atoms with E-state index < -0.39 is 0 Å². The van der Waals surface area contributed by atoms with Gasteiger partial charge in [-0.15, -0.1) is 0 Å². The van der Waals surface area contributed by atoms with Gasteiger partial charge in [0.05, 0.1) is 19.8 Å². The van der Waals surface area contributed by atoms with Crippen molar-refractivity contribution in [1.82, 2.24) is 0 Å². The van der Waals surface area contributed by atoms with Crippen molar-refractivity contribution in [2.45, 2.75) is 20.3 Å². The molecule has 0 aromatic heterocycles. The SMILES string of the molecule is C=C(C)COCCOCCC. The summed E-state index contributed by atoms with van der Waals surface area (Å²) >= 11 is 0. The van der Waals surface area contributed by atoms with Crippen LogP contribution in [0.2, 0.25) is 0 Å². The van der Waals surface area contributed by atoms with Gasteiger partial charge in [-0.05, 0) is 13.3 Å². The third-order valence-electron chi connectivity index (χ3n) is 1.07. The van der Waals surface area contributed by atoms with Crippen molar-refractivity contribution in [1.29, 1.82) is 0 Å². The molecule has 66 valence electrons. The van der Waals surface area contributed by atoms with Gasteiger partial charge in [-0.2, -0.15) is 0 Å². The second kappa shape index (κ2) is 7.76. The predicted octanol–water partition coefficient (Wildman–Crippen LogP) is 2.01. The molecule has 0 radical (unpaired) electrons. The molecule has 0 aliphatic carbocycles. The van der Waals surface area contributed by atoms with Crippen molar-refractivity contribution in [2.24, 2.45) is 0 Å². The third-order valence-corrected chi connectivity index (χ3v) is 1.07. The average molecular weight is 158 g/mol. The molecule has 0 fully saturated rings. The first kappa shape index (κ1) is 10.7. The summed E-state index contributed by atoms with van der Waals surface area (Å²) in [4.78, 5) is 0. The quantitative estimate of drug-likeness (QED) is 0.417. The summed E-state index contributed by atoms with van der Waals surface area (Å²) in [5.74, 6) is 0. The Hall–Kier alpha value is -0.340. The molecule has 0 rings (SSSR count). The van der Waals surface area contributed by atoms with Crippen LogP contribution in [0.1, 0.15) is 20.3 Å². The molecule has 0 aliphatic heterocycles. The summed E-state index contributed by atoms with van der Waals surface area (Å²) in [6.07, 6.45) is 1.07. The first-order chi connectivity index (χ1) is 5.27. The molecule has 0 unspecified atom stereocenters. The molecule has 0 saturated carbocycles.